The third kappa shape index (κ3) is 3.43. The van der Waals surface area contributed by atoms with E-state index < -0.39 is 0 Å². The second-order valence-electron chi connectivity index (χ2n) is 4.96. The van der Waals surface area contributed by atoms with E-state index in [0.29, 0.717) is 6.04 Å². The summed E-state index contributed by atoms with van der Waals surface area (Å²) in [5, 5.41) is 12.5. The predicted octanol–water partition coefficient (Wildman–Crippen LogP) is 1.86. The van der Waals surface area contributed by atoms with Crippen LogP contribution in [0.5, 0.6) is 0 Å². The lowest BCUT2D eigenvalue weighted by Gasteiger charge is -2.28. The predicted molar refractivity (Wildman–Crippen MR) is 73.5 cm³/mol. The van der Waals surface area contributed by atoms with Crippen molar-refractivity contribution in [2.75, 3.05) is 25.5 Å². The van der Waals surface area contributed by atoms with Gasteiger partial charge in [0.1, 0.15) is 5.82 Å². The van der Waals surface area contributed by atoms with Gasteiger partial charge in [-0.3, -0.25) is 4.90 Å². The smallest absolute Gasteiger partial charge is 0.125 e. The number of nitrogens with zero attached hydrogens (tertiary/aromatic N) is 2. The summed E-state index contributed by atoms with van der Waals surface area (Å²) in [6.45, 7) is 2.24. The highest BCUT2D eigenvalue weighted by molar-refractivity contribution is 5.34. The number of aliphatic hydroxyl groups is 1. The Balaban J connectivity index is 2.00. The summed E-state index contributed by atoms with van der Waals surface area (Å²) in [6.07, 6.45) is 6.78. The van der Waals surface area contributed by atoms with E-state index in [1.165, 1.54) is 24.8 Å². The van der Waals surface area contributed by atoms with Gasteiger partial charge < -0.3 is 10.4 Å². The molecule has 1 aliphatic rings. The lowest BCUT2D eigenvalue weighted by atomic mass is 10.1. The molecule has 2 heterocycles. The van der Waals surface area contributed by atoms with E-state index in [1.807, 2.05) is 19.3 Å². The van der Waals surface area contributed by atoms with Gasteiger partial charge in [0.25, 0.3) is 0 Å². The lowest BCUT2D eigenvalue weighted by molar-refractivity contribution is 0.118. The molecule has 4 nitrogen and oxygen atoms in total. The molecule has 0 bridgehead atoms. The van der Waals surface area contributed by atoms with Crippen LogP contribution in [0.25, 0.3) is 0 Å². The Hall–Kier alpha value is -1.13. The summed E-state index contributed by atoms with van der Waals surface area (Å²) >= 11 is 0. The molecule has 0 radical (unpaired) electrons. The van der Waals surface area contributed by atoms with Crippen LogP contribution in [-0.2, 0) is 6.54 Å². The van der Waals surface area contributed by atoms with Crippen LogP contribution in [0.15, 0.2) is 18.3 Å². The van der Waals surface area contributed by atoms with Gasteiger partial charge >= 0.3 is 0 Å². The molecule has 1 fully saturated rings. The van der Waals surface area contributed by atoms with E-state index in [4.69, 9.17) is 0 Å². The third-order valence-corrected chi connectivity index (χ3v) is 3.68. The number of anilines is 1. The first-order valence-corrected chi connectivity index (χ1v) is 6.81. The van der Waals surface area contributed by atoms with Crippen molar-refractivity contribution in [2.24, 2.45) is 0 Å². The van der Waals surface area contributed by atoms with Crippen molar-refractivity contribution in [2.45, 2.75) is 38.3 Å². The zero-order valence-electron chi connectivity index (χ0n) is 11.1. The number of hydrogen-bond acceptors (Lipinski definition) is 4. The molecule has 100 valence electrons. The summed E-state index contributed by atoms with van der Waals surface area (Å²) in [5.74, 6) is 0.897. The SMILES string of the molecule is CNc1ccc(CN2CCCCCC2CO)cn1. The van der Waals surface area contributed by atoms with Gasteiger partial charge in [0.05, 0.1) is 6.61 Å². The molecule has 18 heavy (non-hydrogen) atoms. The Bertz CT molecular complexity index is 353. The Kier molecular flexibility index (Phi) is 4.96. The Morgan fingerprint density at radius 3 is 2.94 bits per heavy atom. The van der Waals surface area contributed by atoms with Gasteiger partial charge in [-0.05, 0) is 31.0 Å². The molecule has 1 atom stereocenters. The molecule has 4 heteroatoms. The van der Waals surface area contributed by atoms with Crippen molar-refractivity contribution in [3.63, 3.8) is 0 Å². The summed E-state index contributed by atoms with van der Waals surface area (Å²) in [6, 6.07) is 4.43. The van der Waals surface area contributed by atoms with Gasteiger partial charge in [-0.1, -0.05) is 18.9 Å². The molecule has 1 unspecified atom stereocenters. The molecule has 1 aliphatic heterocycles. The number of aromatic nitrogens is 1. The number of aliphatic hydroxyl groups excluding tert-OH is 1. The van der Waals surface area contributed by atoms with E-state index in [0.717, 1.165) is 25.3 Å². The third-order valence-electron chi connectivity index (χ3n) is 3.68. The Morgan fingerprint density at radius 2 is 2.28 bits per heavy atom. The number of pyridine rings is 1. The molecule has 0 aromatic carbocycles. The quantitative estimate of drug-likeness (QED) is 0.855. The van der Waals surface area contributed by atoms with Crippen LogP contribution in [0.4, 0.5) is 5.82 Å². The minimum absolute atomic E-state index is 0.266. The number of hydrogen-bond donors (Lipinski definition) is 2. The Labute approximate surface area is 109 Å². The van der Waals surface area contributed by atoms with E-state index in [1.54, 1.807) is 0 Å². The second kappa shape index (κ2) is 6.71. The monoisotopic (exact) mass is 249 g/mol. The zero-order chi connectivity index (χ0) is 12.8. The first-order chi connectivity index (χ1) is 8.83. The average Bonchev–Trinajstić information content (AvgIpc) is 2.64. The maximum absolute atomic E-state index is 9.48. The molecule has 1 aromatic rings. The Morgan fingerprint density at radius 1 is 1.39 bits per heavy atom. The van der Waals surface area contributed by atoms with Gasteiger partial charge in [0.2, 0.25) is 0 Å². The van der Waals surface area contributed by atoms with Crippen LogP contribution in [0.1, 0.15) is 31.2 Å². The van der Waals surface area contributed by atoms with Crippen LogP contribution < -0.4 is 5.32 Å². The molecule has 2 N–H and O–H groups in total. The molecule has 2 rings (SSSR count). The molecule has 0 amide bonds. The normalized spacial score (nSPS) is 21.6. The first kappa shape index (κ1) is 13.3. The van der Waals surface area contributed by atoms with E-state index in [9.17, 15) is 5.11 Å². The standard InChI is InChI=1S/C14H23N3O/c1-15-14-7-6-12(9-16-14)10-17-8-4-2-3-5-13(17)11-18/h6-7,9,13,18H,2-5,8,10-11H2,1H3,(H,15,16). The van der Waals surface area contributed by atoms with Crippen LogP contribution >= 0.6 is 0 Å². The molecule has 0 spiro atoms. The van der Waals surface area contributed by atoms with Crippen molar-refractivity contribution in [3.05, 3.63) is 23.9 Å². The maximum atomic E-state index is 9.48. The molecular weight excluding hydrogens is 226 g/mol. The van der Waals surface area contributed by atoms with Gasteiger partial charge in [0, 0.05) is 25.8 Å². The van der Waals surface area contributed by atoms with Crippen molar-refractivity contribution < 1.29 is 5.11 Å². The number of likely N-dealkylation sites (tertiary alicyclic amines) is 1. The highest BCUT2D eigenvalue weighted by Gasteiger charge is 2.20. The fraction of sp³-hybridized carbons (Fsp3) is 0.643. The molecule has 1 aromatic heterocycles. The van der Waals surface area contributed by atoms with Gasteiger partial charge in [-0.15, -0.1) is 0 Å². The van der Waals surface area contributed by atoms with Crippen LogP contribution in [0.3, 0.4) is 0 Å². The zero-order valence-corrected chi connectivity index (χ0v) is 11.1. The minimum atomic E-state index is 0.266. The number of rotatable bonds is 4. The first-order valence-electron chi connectivity index (χ1n) is 6.81. The average molecular weight is 249 g/mol. The van der Waals surface area contributed by atoms with Gasteiger partial charge in [-0.2, -0.15) is 0 Å². The topological polar surface area (TPSA) is 48.4 Å². The second-order valence-corrected chi connectivity index (χ2v) is 4.96. The van der Waals surface area contributed by atoms with Gasteiger partial charge in [0.15, 0.2) is 0 Å². The fourth-order valence-corrected chi connectivity index (χ4v) is 2.55. The lowest BCUT2D eigenvalue weighted by Crippen LogP contribution is -2.36. The molecule has 0 aliphatic carbocycles. The van der Waals surface area contributed by atoms with Gasteiger partial charge in [-0.25, -0.2) is 4.98 Å². The van der Waals surface area contributed by atoms with Crippen LogP contribution in [0.2, 0.25) is 0 Å². The highest BCUT2D eigenvalue weighted by atomic mass is 16.3. The molecule has 0 saturated carbocycles. The van der Waals surface area contributed by atoms with E-state index in [2.05, 4.69) is 21.3 Å². The van der Waals surface area contributed by atoms with Crippen molar-refractivity contribution in [1.82, 2.24) is 9.88 Å². The summed E-state index contributed by atoms with van der Waals surface area (Å²) in [4.78, 5) is 6.73. The van der Waals surface area contributed by atoms with Crippen LogP contribution in [-0.4, -0.2) is 41.2 Å². The largest absolute Gasteiger partial charge is 0.395 e. The summed E-state index contributed by atoms with van der Waals surface area (Å²) in [5.41, 5.74) is 1.22. The summed E-state index contributed by atoms with van der Waals surface area (Å²) in [7, 11) is 1.87. The highest BCUT2D eigenvalue weighted by Crippen LogP contribution is 2.19. The van der Waals surface area contributed by atoms with Crippen molar-refractivity contribution in [1.29, 1.82) is 0 Å². The van der Waals surface area contributed by atoms with Crippen molar-refractivity contribution >= 4 is 5.82 Å². The minimum Gasteiger partial charge on any atom is -0.395 e. The van der Waals surface area contributed by atoms with E-state index >= 15 is 0 Å². The number of nitrogens with one attached hydrogen (secondary N) is 1. The molecular formula is C14H23N3O. The van der Waals surface area contributed by atoms with Crippen molar-refractivity contribution in [3.8, 4) is 0 Å². The maximum Gasteiger partial charge on any atom is 0.125 e. The van der Waals surface area contributed by atoms with E-state index in [-0.39, 0.29) is 6.61 Å². The van der Waals surface area contributed by atoms with Crippen LogP contribution in [0, 0.1) is 0 Å². The fourth-order valence-electron chi connectivity index (χ4n) is 2.55. The molecule has 1 saturated heterocycles. The summed E-state index contributed by atoms with van der Waals surface area (Å²) < 4.78 is 0.